The minimum absolute atomic E-state index is 0.861. The Morgan fingerprint density at radius 2 is 2.50 bits per heavy atom. The second-order valence-electron chi connectivity index (χ2n) is 2.01. The maximum absolute atomic E-state index is 3.65. The van der Waals surface area contributed by atoms with Crippen LogP contribution in [0.5, 0.6) is 0 Å². The number of hydrogen-bond donors (Lipinski definition) is 0. The van der Waals surface area contributed by atoms with Gasteiger partial charge in [-0.3, -0.25) is 0 Å². The van der Waals surface area contributed by atoms with Crippen molar-refractivity contribution in [2.24, 2.45) is 0 Å². The molecule has 1 rings (SSSR count). The average Bonchev–Trinajstić information content (AvgIpc) is 1.88. The topological polar surface area (TPSA) is 3.88 Å². The summed E-state index contributed by atoms with van der Waals surface area (Å²) in [5.41, 5.74) is 0. The van der Waals surface area contributed by atoms with Crippen molar-refractivity contribution in [2.45, 2.75) is 6.54 Å². The molecule has 1 heterocycles. The molecule has 1 nitrogen and oxygen atoms in total. The van der Waals surface area contributed by atoms with Gasteiger partial charge in [0, 0.05) is 6.07 Å². The largest absolute Gasteiger partial charge is 0.200 e. The van der Waals surface area contributed by atoms with Crippen LogP contribution in [0.15, 0.2) is 41.7 Å². The molecule has 0 aliphatic carbocycles. The first-order chi connectivity index (χ1) is 4.83. The van der Waals surface area contributed by atoms with Crippen molar-refractivity contribution < 1.29 is 4.57 Å². The van der Waals surface area contributed by atoms with Gasteiger partial charge in [0.2, 0.25) is 0 Å². The van der Waals surface area contributed by atoms with Crippen LogP contribution in [-0.2, 0) is 6.54 Å². The molecule has 0 N–H and O–H groups in total. The smallest absolute Gasteiger partial charge is 0.183 e. The Bertz CT molecular complexity index is 232. The van der Waals surface area contributed by atoms with Crippen molar-refractivity contribution >= 4 is 15.9 Å². The third kappa shape index (κ3) is 1.95. The number of aromatic nitrogens is 1. The van der Waals surface area contributed by atoms with Gasteiger partial charge in [-0.25, -0.2) is 4.57 Å². The Hall–Kier alpha value is -0.630. The maximum Gasteiger partial charge on any atom is 0.183 e. The molecule has 52 valence electrons. The molecule has 0 aliphatic rings. The van der Waals surface area contributed by atoms with Crippen LogP contribution in [0.3, 0.4) is 0 Å². The molecule has 0 atom stereocenters. The van der Waals surface area contributed by atoms with Crippen molar-refractivity contribution in [3.63, 3.8) is 0 Å². The van der Waals surface area contributed by atoms with Gasteiger partial charge in [0.25, 0.3) is 0 Å². The summed E-state index contributed by atoms with van der Waals surface area (Å²) in [6, 6.07) is 3.99. The minimum Gasteiger partial charge on any atom is -0.200 e. The fraction of sp³-hybridized carbons (Fsp3) is 0.125. The Balaban J connectivity index is 2.84. The molecule has 2 heteroatoms. The van der Waals surface area contributed by atoms with Crippen molar-refractivity contribution in [2.75, 3.05) is 0 Å². The lowest BCUT2D eigenvalue weighted by molar-refractivity contribution is -0.687. The Morgan fingerprint density at radius 1 is 1.70 bits per heavy atom. The van der Waals surface area contributed by atoms with Gasteiger partial charge >= 0.3 is 0 Å². The zero-order valence-corrected chi connectivity index (χ0v) is 7.21. The highest BCUT2D eigenvalue weighted by Crippen LogP contribution is 2.02. The number of nitrogens with zero attached hydrogens (tertiary/aromatic N) is 1. The normalized spacial score (nSPS) is 9.30. The number of halogens is 1. The van der Waals surface area contributed by atoms with Gasteiger partial charge in [-0.1, -0.05) is 6.58 Å². The summed E-state index contributed by atoms with van der Waals surface area (Å²) in [6.07, 6.45) is 5.89. The van der Waals surface area contributed by atoms with Gasteiger partial charge in [0.05, 0.1) is 4.47 Å². The third-order valence-electron chi connectivity index (χ3n) is 1.16. The molecular formula is C8H9BrN+. The molecule has 0 bridgehead atoms. The summed E-state index contributed by atoms with van der Waals surface area (Å²) in [6.45, 7) is 4.51. The summed E-state index contributed by atoms with van der Waals surface area (Å²) in [5.74, 6) is 0. The van der Waals surface area contributed by atoms with E-state index < -0.39 is 0 Å². The van der Waals surface area contributed by atoms with Crippen LogP contribution >= 0.6 is 15.9 Å². The fourth-order valence-corrected chi connectivity index (χ4v) is 1.17. The monoisotopic (exact) mass is 198 g/mol. The van der Waals surface area contributed by atoms with E-state index in [-0.39, 0.29) is 0 Å². The lowest BCUT2D eigenvalue weighted by Crippen LogP contribution is -2.31. The van der Waals surface area contributed by atoms with Crippen LogP contribution in [-0.4, -0.2) is 0 Å². The van der Waals surface area contributed by atoms with Gasteiger partial charge in [-0.15, -0.1) is 0 Å². The van der Waals surface area contributed by atoms with Crippen molar-refractivity contribution in [3.8, 4) is 0 Å². The van der Waals surface area contributed by atoms with Gasteiger partial charge in [-0.05, 0) is 28.1 Å². The molecule has 1 aromatic heterocycles. The first kappa shape index (κ1) is 7.48. The summed E-state index contributed by atoms with van der Waals surface area (Å²) in [4.78, 5) is 0. The van der Waals surface area contributed by atoms with E-state index >= 15 is 0 Å². The van der Waals surface area contributed by atoms with Crippen LogP contribution in [0.4, 0.5) is 0 Å². The molecule has 1 aromatic rings. The molecule has 0 fully saturated rings. The van der Waals surface area contributed by atoms with Gasteiger partial charge in [0.15, 0.2) is 18.9 Å². The lowest BCUT2D eigenvalue weighted by Gasteiger charge is -1.89. The molecule has 0 amide bonds. The third-order valence-corrected chi connectivity index (χ3v) is 1.63. The van der Waals surface area contributed by atoms with E-state index in [1.807, 2.05) is 30.6 Å². The van der Waals surface area contributed by atoms with E-state index in [4.69, 9.17) is 0 Å². The van der Waals surface area contributed by atoms with Crippen LogP contribution in [0.25, 0.3) is 0 Å². The van der Waals surface area contributed by atoms with E-state index in [1.165, 1.54) is 0 Å². The summed E-state index contributed by atoms with van der Waals surface area (Å²) < 4.78 is 3.15. The molecule has 10 heavy (non-hydrogen) atoms. The van der Waals surface area contributed by atoms with E-state index in [1.54, 1.807) is 0 Å². The molecule has 0 saturated heterocycles. The first-order valence-corrected chi connectivity index (χ1v) is 3.88. The van der Waals surface area contributed by atoms with Gasteiger partial charge < -0.3 is 0 Å². The highest BCUT2D eigenvalue weighted by Gasteiger charge is 1.95. The minimum atomic E-state index is 0.861. The van der Waals surface area contributed by atoms with E-state index in [0.717, 1.165) is 11.0 Å². The Kier molecular flexibility index (Phi) is 2.63. The molecule has 0 radical (unpaired) electrons. The molecule has 0 aliphatic heterocycles. The van der Waals surface area contributed by atoms with Crippen molar-refractivity contribution in [3.05, 3.63) is 41.7 Å². The zero-order valence-electron chi connectivity index (χ0n) is 5.63. The van der Waals surface area contributed by atoms with E-state index in [9.17, 15) is 0 Å². The average molecular weight is 199 g/mol. The number of allylic oxidation sites excluding steroid dienone is 1. The van der Waals surface area contributed by atoms with Crippen LogP contribution in [0.1, 0.15) is 0 Å². The Labute approximate surface area is 69.1 Å². The van der Waals surface area contributed by atoms with E-state index in [2.05, 4.69) is 27.1 Å². The van der Waals surface area contributed by atoms with E-state index in [0.29, 0.717) is 0 Å². The summed E-state index contributed by atoms with van der Waals surface area (Å²) >= 11 is 3.38. The van der Waals surface area contributed by atoms with Crippen LogP contribution in [0, 0.1) is 0 Å². The molecular weight excluding hydrogens is 190 g/mol. The van der Waals surface area contributed by atoms with Crippen molar-refractivity contribution in [1.29, 1.82) is 0 Å². The Morgan fingerprint density at radius 3 is 3.10 bits per heavy atom. The highest BCUT2D eigenvalue weighted by molar-refractivity contribution is 9.10. The summed E-state index contributed by atoms with van der Waals surface area (Å²) in [7, 11) is 0. The molecule has 0 unspecified atom stereocenters. The SMILES string of the molecule is C=CC[n+]1cccc(Br)c1. The molecule has 0 saturated carbocycles. The van der Waals surface area contributed by atoms with Crippen LogP contribution < -0.4 is 4.57 Å². The number of hydrogen-bond acceptors (Lipinski definition) is 0. The second kappa shape index (κ2) is 3.52. The van der Waals surface area contributed by atoms with Gasteiger partial charge in [-0.2, -0.15) is 0 Å². The predicted octanol–water partition coefficient (Wildman–Crippen LogP) is 1.92. The fourth-order valence-electron chi connectivity index (χ4n) is 0.753. The number of rotatable bonds is 2. The lowest BCUT2D eigenvalue weighted by atomic mass is 10.5. The zero-order chi connectivity index (χ0) is 7.40. The summed E-state index contributed by atoms with van der Waals surface area (Å²) in [5, 5.41) is 0. The predicted molar refractivity (Wildman–Crippen MR) is 44.5 cm³/mol. The van der Waals surface area contributed by atoms with Crippen LogP contribution in [0.2, 0.25) is 0 Å². The number of pyridine rings is 1. The van der Waals surface area contributed by atoms with Crippen molar-refractivity contribution in [1.82, 2.24) is 0 Å². The molecule has 0 spiro atoms. The quantitative estimate of drug-likeness (QED) is 0.506. The van der Waals surface area contributed by atoms with Gasteiger partial charge in [0.1, 0.15) is 0 Å². The first-order valence-electron chi connectivity index (χ1n) is 3.08. The standard InChI is InChI=1S/C8H9BrN/c1-2-5-10-6-3-4-8(9)7-10/h2-4,6-7H,1,5H2/q+1. The molecule has 0 aromatic carbocycles. The highest BCUT2D eigenvalue weighted by atomic mass is 79.9. The maximum atomic E-state index is 3.65. The second-order valence-corrected chi connectivity index (χ2v) is 2.92.